The summed E-state index contributed by atoms with van der Waals surface area (Å²) in [6.45, 7) is 2.12. The van der Waals surface area contributed by atoms with Crippen molar-refractivity contribution in [1.82, 2.24) is 0 Å². The Morgan fingerprint density at radius 3 is 2.04 bits per heavy atom. The number of ether oxygens (including phenoxy) is 5. The van der Waals surface area contributed by atoms with Gasteiger partial charge in [0.15, 0.2) is 23.0 Å². The normalized spacial score (nSPS) is 10.6. The Bertz CT molecular complexity index is 841. The maximum absolute atomic E-state index is 12.0. The lowest BCUT2D eigenvalue weighted by atomic mass is 10.0. The lowest BCUT2D eigenvalue weighted by Gasteiger charge is -2.13. The van der Waals surface area contributed by atoms with Crippen LogP contribution >= 0.6 is 0 Å². The van der Waals surface area contributed by atoms with E-state index in [2.05, 4.69) is 0 Å². The van der Waals surface area contributed by atoms with Crippen LogP contribution in [0.1, 0.15) is 23.6 Å². The van der Waals surface area contributed by atoms with E-state index in [-0.39, 0.29) is 12.4 Å². The van der Waals surface area contributed by atoms with Crippen molar-refractivity contribution in [3.05, 3.63) is 47.0 Å². The van der Waals surface area contributed by atoms with Gasteiger partial charge in [0, 0.05) is 0 Å². The molecule has 0 saturated carbocycles. The molecule has 2 aromatic carbocycles. The van der Waals surface area contributed by atoms with Gasteiger partial charge < -0.3 is 23.7 Å². The number of esters is 1. The monoisotopic (exact) mass is 386 g/mol. The maximum atomic E-state index is 12.0. The molecule has 150 valence electrons. The smallest absolute Gasteiger partial charge is 0.310 e. The Labute approximate surface area is 165 Å². The lowest BCUT2D eigenvalue weighted by molar-refractivity contribution is -0.142. The van der Waals surface area contributed by atoms with Crippen molar-refractivity contribution in [2.75, 3.05) is 35.0 Å². The van der Waals surface area contributed by atoms with E-state index in [4.69, 9.17) is 23.7 Å². The van der Waals surface area contributed by atoms with E-state index in [1.807, 2.05) is 36.4 Å². The first-order valence-corrected chi connectivity index (χ1v) is 8.86. The van der Waals surface area contributed by atoms with Gasteiger partial charge >= 0.3 is 5.97 Å². The first-order valence-electron chi connectivity index (χ1n) is 8.86. The van der Waals surface area contributed by atoms with Gasteiger partial charge in [-0.1, -0.05) is 18.2 Å². The van der Waals surface area contributed by atoms with E-state index < -0.39 is 0 Å². The number of carbonyl (C=O) groups is 1. The second-order valence-electron chi connectivity index (χ2n) is 5.84. The van der Waals surface area contributed by atoms with Gasteiger partial charge in [0.1, 0.15) is 0 Å². The van der Waals surface area contributed by atoms with Crippen LogP contribution in [0.5, 0.6) is 23.0 Å². The molecule has 0 amide bonds. The zero-order valence-corrected chi connectivity index (χ0v) is 16.9. The van der Waals surface area contributed by atoms with E-state index in [0.717, 1.165) is 16.7 Å². The molecule has 0 bridgehead atoms. The lowest BCUT2D eigenvalue weighted by Crippen LogP contribution is -2.09. The van der Waals surface area contributed by atoms with Crippen LogP contribution < -0.4 is 18.9 Å². The third-order valence-electron chi connectivity index (χ3n) is 4.15. The summed E-state index contributed by atoms with van der Waals surface area (Å²) in [4.78, 5) is 12.0. The predicted molar refractivity (Wildman–Crippen MR) is 108 cm³/mol. The summed E-state index contributed by atoms with van der Waals surface area (Å²) in [6, 6.07) is 9.27. The van der Waals surface area contributed by atoms with Crippen molar-refractivity contribution in [1.29, 1.82) is 0 Å². The fourth-order valence-corrected chi connectivity index (χ4v) is 2.76. The molecular weight excluding hydrogens is 360 g/mol. The number of benzene rings is 2. The van der Waals surface area contributed by atoms with E-state index in [0.29, 0.717) is 29.6 Å². The second kappa shape index (κ2) is 10.3. The molecule has 0 N–H and O–H groups in total. The highest BCUT2D eigenvalue weighted by molar-refractivity contribution is 5.79. The minimum atomic E-state index is -0.296. The molecule has 0 atom stereocenters. The molecular formula is C22H26O6. The van der Waals surface area contributed by atoms with Crippen LogP contribution in [0.15, 0.2) is 30.3 Å². The highest BCUT2D eigenvalue weighted by Gasteiger charge is 2.13. The zero-order valence-electron chi connectivity index (χ0n) is 16.9. The Morgan fingerprint density at radius 1 is 0.821 bits per heavy atom. The highest BCUT2D eigenvalue weighted by Crippen LogP contribution is 2.33. The van der Waals surface area contributed by atoms with Crippen molar-refractivity contribution < 1.29 is 28.5 Å². The molecule has 6 nitrogen and oxygen atoms in total. The second-order valence-corrected chi connectivity index (χ2v) is 5.84. The van der Waals surface area contributed by atoms with Gasteiger partial charge in [-0.3, -0.25) is 4.79 Å². The Kier molecular flexibility index (Phi) is 7.75. The molecule has 0 saturated heterocycles. The van der Waals surface area contributed by atoms with Gasteiger partial charge in [0.25, 0.3) is 0 Å². The molecule has 28 heavy (non-hydrogen) atoms. The van der Waals surface area contributed by atoms with Gasteiger partial charge in [-0.05, 0) is 47.9 Å². The minimum Gasteiger partial charge on any atom is -0.493 e. The summed E-state index contributed by atoms with van der Waals surface area (Å²) in [5, 5.41) is 0. The first kappa shape index (κ1) is 21.2. The number of rotatable bonds is 9. The van der Waals surface area contributed by atoms with Crippen molar-refractivity contribution >= 4 is 18.1 Å². The molecule has 0 aliphatic carbocycles. The minimum absolute atomic E-state index is 0.139. The molecule has 6 heteroatoms. The van der Waals surface area contributed by atoms with Gasteiger partial charge in [0.05, 0.1) is 41.5 Å². The summed E-state index contributed by atoms with van der Waals surface area (Å²) in [6.07, 6.45) is 3.98. The van der Waals surface area contributed by atoms with E-state index in [1.54, 1.807) is 41.4 Å². The largest absolute Gasteiger partial charge is 0.493 e. The fourth-order valence-electron chi connectivity index (χ4n) is 2.76. The average molecular weight is 386 g/mol. The average Bonchev–Trinajstić information content (AvgIpc) is 2.72. The quantitative estimate of drug-likeness (QED) is 0.480. The van der Waals surface area contributed by atoms with Gasteiger partial charge in [-0.25, -0.2) is 0 Å². The molecule has 0 aliphatic rings. The zero-order chi connectivity index (χ0) is 20.5. The summed E-state index contributed by atoms with van der Waals surface area (Å²) < 4.78 is 26.4. The molecule has 0 aliphatic heterocycles. The Morgan fingerprint density at radius 2 is 1.43 bits per heavy atom. The first-order chi connectivity index (χ1) is 13.6. The SMILES string of the molecule is CCOC(=O)Cc1cc(OC)c(OC)cc1/C=C/c1ccc(OC)c(OC)c1. The third kappa shape index (κ3) is 5.19. The molecule has 0 spiro atoms. The molecule has 0 heterocycles. The molecule has 0 aromatic heterocycles. The van der Waals surface area contributed by atoms with Crippen molar-refractivity contribution in [3.8, 4) is 23.0 Å². The molecule has 2 rings (SSSR count). The Hall–Kier alpha value is -3.15. The van der Waals surface area contributed by atoms with Crippen molar-refractivity contribution in [2.45, 2.75) is 13.3 Å². The van der Waals surface area contributed by atoms with Gasteiger partial charge in [-0.15, -0.1) is 0 Å². The van der Waals surface area contributed by atoms with E-state index in [9.17, 15) is 4.79 Å². The van der Waals surface area contributed by atoms with E-state index in [1.165, 1.54) is 0 Å². The Balaban J connectivity index is 2.41. The highest BCUT2D eigenvalue weighted by atomic mass is 16.5. The summed E-state index contributed by atoms with van der Waals surface area (Å²) in [5.41, 5.74) is 2.54. The molecule has 0 fully saturated rings. The maximum Gasteiger partial charge on any atom is 0.310 e. The number of carbonyl (C=O) groups excluding carboxylic acids is 1. The van der Waals surface area contributed by atoms with Crippen LogP contribution in [0, 0.1) is 0 Å². The predicted octanol–water partition coefficient (Wildman–Crippen LogP) is 4.00. The van der Waals surface area contributed by atoms with Crippen LogP contribution in [-0.4, -0.2) is 41.0 Å². The molecule has 0 radical (unpaired) electrons. The summed E-state index contributed by atoms with van der Waals surface area (Å²) >= 11 is 0. The summed E-state index contributed by atoms with van der Waals surface area (Å²) in [7, 11) is 6.33. The van der Waals surface area contributed by atoms with Gasteiger partial charge in [0.2, 0.25) is 0 Å². The molecule has 2 aromatic rings. The number of methoxy groups -OCH3 is 4. The van der Waals surface area contributed by atoms with Crippen LogP contribution in [0.3, 0.4) is 0 Å². The van der Waals surface area contributed by atoms with Crippen LogP contribution in [0.4, 0.5) is 0 Å². The standard InChI is InChI=1S/C22H26O6/c1-6-28-22(23)14-17-13-21(27-5)20(26-4)12-16(17)9-7-15-8-10-18(24-2)19(11-15)25-3/h7-13H,6,14H2,1-5H3/b9-7+. The van der Waals surface area contributed by atoms with E-state index >= 15 is 0 Å². The van der Waals surface area contributed by atoms with Crippen LogP contribution in [0.25, 0.3) is 12.2 Å². The number of hydrogen-bond donors (Lipinski definition) is 0. The van der Waals surface area contributed by atoms with Crippen molar-refractivity contribution in [3.63, 3.8) is 0 Å². The third-order valence-corrected chi connectivity index (χ3v) is 4.15. The van der Waals surface area contributed by atoms with Crippen LogP contribution in [0.2, 0.25) is 0 Å². The van der Waals surface area contributed by atoms with Crippen molar-refractivity contribution in [2.24, 2.45) is 0 Å². The number of hydrogen-bond acceptors (Lipinski definition) is 6. The molecule has 0 unspecified atom stereocenters. The van der Waals surface area contributed by atoms with Gasteiger partial charge in [-0.2, -0.15) is 0 Å². The van der Waals surface area contributed by atoms with Crippen LogP contribution in [-0.2, 0) is 16.0 Å². The fraction of sp³-hybridized carbons (Fsp3) is 0.318. The summed E-state index contributed by atoms with van der Waals surface area (Å²) in [5.74, 6) is 2.15. The topological polar surface area (TPSA) is 63.2 Å².